The third-order valence-corrected chi connectivity index (χ3v) is 5.26. The van der Waals surface area contributed by atoms with Crippen LogP contribution >= 0.6 is 0 Å². The molecule has 34 heavy (non-hydrogen) atoms. The Hall–Kier alpha value is -2.62. The average molecular weight is 467 g/mol. The zero-order valence-corrected chi connectivity index (χ0v) is 22.2. The highest BCUT2D eigenvalue weighted by atomic mass is 16.5. The van der Waals surface area contributed by atoms with E-state index in [1.807, 2.05) is 24.3 Å². The van der Waals surface area contributed by atoms with E-state index in [2.05, 4.69) is 67.5 Å². The zero-order valence-electron chi connectivity index (χ0n) is 22.2. The molecule has 0 radical (unpaired) electrons. The molecule has 0 aliphatic carbocycles. The number of hydrogen-bond acceptors (Lipinski definition) is 4. The van der Waals surface area contributed by atoms with Crippen LogP contribution in [0.25, 0.3) is 21.5 Å². The van der Waals surface area contributed by atoms with E-state index in [1.54, 1.807) is 0 Å². The van der Waals surface area contributed by atoms with Crippen molar-refractivity contribution in [3.63, 3.8) is 0 Å². The van der Waals surface area contributed by atoms with Crippen molar-refractivity contribution in [3.05, 3.63) is 36.4 Å². The smallest absolute Gasteiger partial charge is 0.139 e. The van der Waals surface area contributed by atoms with Gasteiger partial charge in [-0.25, -0.2) is 0 Å². The van der Waals surface area contributed by atoms with Crippen LogP contribution in [0.4, 0.5) is 0 Å². The molecule has 0 unspecified atom stereocenters. The largest absolute Gasteiger partial charge is 0.493 e. The molecule has 186 valence electrons. The SMILES string of the molecule is CC(C)COc1cccc2c(OCC(C)C)c3c(OCC(C)C)cccc3c(OCC(C)C)c12. The third-order valence-electron chi connectivity index (χ3n) is 5.26. The van der Waals surface area contributed by atoms with Crippen LogP contribution in [0, 0.1) is 23.7 Å². The van der Waals surface area contributed by atoms with Gasteiger partial charge in [0.2, 0.25) is 0 Å². The van der Waals surface area contributed by atoms with Crippen molar-refractivity contribution >= 4 is 21.5 Å². The van der Waals surface area contributed by atoms with Gasteiger partial charge >= 0.3 is 0 Å². The lowest BCUT2D eigenvalue weighted by Crippen LogP contribution is -2.10. The van der Waals surface area contributed by atoms with Crippen LogP contribution < -0.4 is 18.9 Å². The molecule has 0 atom stereocenters. The van der Waals surface area contributed by atoms with Gasteiger partial charge in [0, 0.05) is 10.8 Å². The van der Waals surface area contributed by atoms with Gasteiger partial charge in [0.1, 0.15) is 23.0 Å². The highest BCUT2D eigenvalue weighted by Gasteiger charge is 2.23. The molecule has 0 heterocycles. The minimum Gasteiger partial charge on any atom is -0.493 e. The fourth-order valence-corrected chi connectivity index (χ4v) is 3.73. The number of benzene rings is 3. The molecule has 0 aliphatic rings. The maximum atomic E-state index is 6.51. The normalized spacial score (nSPS) is 11.9. The Labute approximate surface area is 205 Å². The Balaban J connectivity index is 2.35. The number of hydrogen-bond donors (Lipinski definition) is 0. The Morgan fingerprint density at radius 2 is 0.794 bits per heavy atom. The molecule has 0 fully saturated rings. The fraction of sp³-hybridized carbons (Fsp3) is 0.533. The minimum absolute atomic E-state index is 0.395. The monoisotopic (exact) mass is 466 g/mol. The summed E-state index contributed by atoms with van der Waals surface area (Å²) in [7, 11) is 0. The first-order chi connectivity index (χ1) is 16.2. The summed E-state index contributed by atoms with van der Waals surface area (Å²) < 4.78 is 25.6. The van der Waals surface area contributed by atoms with Gasteiger partial charge in [-0.1, -0.05) is 79.7 Å². The summed E-state index contributed by atoms with van der Waals surface area (Å²) in [6, 6.07) is 12.3. The van der Waals surface area contributed by atoms with E-state index in [9.17, 15) is 0 Å². The van der Waals surface area contributed by atoms with Gasteiger partial charge < -0.3 is 18.9 Å². The van der Waals surface area contributed by atoms with E-state index >= 15 is 0 Å². The van der Waals surface area contributed by atoms with Crippen molar-refractivity contribution in [2.75, 3.05) is 26.4 Å². The van der Waals surface area contributed by atoms with Gasteiger partial charge in [0.15, 0.2) is 0 Å². The molecule has 0 saturated heterocycles. The molecule has 0 amide bonds. The van der Waals surface area contributed by atoms with Crippen LogP contribution in [-0.2, 0) is 0 Å². The molecular weight excluding hydrogens is 424 g/mol. The van der Waals surface area contributed by atoms with Crippen LogP contribution in [0.15, 0.2) is 36.4 Å². The summed E-state index contributed by atoms with van der Waals surface area (Å²) in [6.07, 6.45) is 0. The van der Waals surface area contributed by atoms with E-state index in [0.29, 0.717) is 50.1 Å². The molecule has 4 heteroatoms. The molecule has 4 nitrogen and oxygen atoms in total. The highest BCUT2D eigenvalue weighted by Crippen LogP contribution is 2.49. The van der Waals surface area contributed by atoms with Crippen LogP contribution in [0.1, 0.15) is 55.4 Å². The van der Waals surface area contributed by atoms with Crippen LogP contribution in [0.5, 0.6) is 23.0 Å². The van der Waals surface area contributed by atoms with Gasteiger partial charge in [0.05, 0.1) is 37.2 Å². The Morgan fingerprint density at radius 3 is 1.12 bits per heavy atom. The van der Waals surface area contributed by atoms with Gasteiger partial charge in [-0.3, -0.25) is 0 Å². The number of fused-ring (bicyclic) bond motifs is 2. The lowest BCUT2D eigenvalue weighted by molar-refractivity contribution is 0.261. The molecule has 0 aliphatic heterocycles. The van der Waals surface area contributed by atoms with Crippen molar-refractivity contribution in [2.24, 2.45) is 23.7 Å². The minimum atomic E-state index is 0.395. The predicted octanol–water partition coefficient (Wildman–Crippen LogP) is 8.13. The summed E-state index contributed by atoms with van der Waals surface area (Å²) in [5, 5.41) is 3.93. The van der Waals surface area contributed by atoms with E-state index in [0.717, 1.165) is 44.5 Å². The van der Waals surface area contributed by atoms with Crippen LogP contribution in [-0.4, -0.2) is 26.4 Å². The highest BCUT2D eigenvalue weighted by molar-refractivity contribution is 6.15. The Kier molecular flexibility index (Phi) is 8.93. The first-order valence-electron chi connectivity index (χ1n) is 12.7. The Bertz CT molecular complexity index is 995. The molecule has 0 N–H and O–H groups in total. The van der Waals surface area contributed by atoms with E-state index < -0.39 is 0 Å². The van der Waals surface area contributed by atoms with E-state index in [4.69, 9.17) is 18.9 Å². The topological polar surface area (TPSA) is 36.9 Å². The second-order valence-electron chi connectivity index (χ2n) is 10.8. The number of ether oxygens (including phenoxy) is 4. The quantitative estimate of drug-likeness (QED) is 0.252. The van der Waals surface area contributed by atoms with Crippen molar-refractivity contribution < 1.29 is 18.9 Å². The Morgan fingerprint density at radius 1 is 0.471 bits per heavy atom. The van der Waals surface area contributed by atoms with E-state index in [-0.39, 0.29) is 0 Å². The van der Waals surface area contributed by atoms with Crippen molar-refractivity contribution in [1.82, 2.24) is 0 Å². The lowest BCUT2D eigenvalue weighted by atomic mass is 9.98. The maximum absolute atomic E-state index is 6.51. The fourth-order valence-electron chi connectivity index (χ4n) is 3.73. The van der Waals surface area contributed by atoms with Gasteiger partial charge in [-0.15, -0.1) is 0 Å². The van der Waals surface area contributed by atoms with E-state index in [1.165, 1.54) is 0 Å². The first kappa shape index (κ1) is 26.0. The second-order valence-corrected chi connectivity index (χ2v) is 10.8. The zero-order chi connectivity index (χ0) is 24.8. The van der Waals surface area contributed by atoms with Crippen molar-refractivity contribution in [1.29, 1.82) is 0 Å². The summed E-state index contributed by atoms with van der Waals surface area (Å²) in [4.78, 5) is 0. The third kappa shape index (κ3) is 6.28. The first-order valence-corrected chi connectivity index (χ1v) is 12.7. The predicted molar refractivity (Wildman–Crippen MR) is 143 cm³/mol. The molecule has 0 spiro atoms. The van der Waals surface area contributed by atoms with Gasteiger partial charge in [-0.05, 0) is 35.8 Å². The molecule has 0 aromatic heterocycles. The molecule has 3 aromatic carbocycles. The molecule has 0 saturated carbocycles. The van der Waals surface area contributed by atoms with Crippen molar-refractivity contribution in [3.8, 4) is 23.0 Å². The molecule has 3 aromatic rings. The van der Waals surface area contributed by atoms with Gasteiger partial charge in [0.25, 0.3) is 0 Å². The second kappa shape index (κ2) is 11.7. The average Bonchev–Trinajstić information content (AvgIpc) is 2.77. The summed E-state index contributed by atoms with van der Waals surface area (Å²) >= 11 is 0. The van der Waals surface area contributed by atoms with Crippen molar-refractivity contribution in [2.45, 2.75) is 55.4 Å². The molecular formula is C30H42O4. The molecule has 0 bridgehead atoms. The lowest BCUT2D eigenvalue weighted by Gasteiger charge is -2.23. The van der Waals surface area contributed by atoms with Gasteiger partial charge in [-0.2, -0.15) is 0 Å². The number of rotatable bonds is 12. The summed E-state index contributed by atoms with van der Waals surface area (Å²) in [5.41, 5.74) is 0. The summed E-state index contributed by atoms with van der Waals surface area (Å²) in [5.74, 6) is 4.96. The standard InChI is InChI=1S/C30H42O4/c1-19(2)15-31-25-13-9-11-23-27(25)29(33-17-21(5)6)24-12-10-14-26(32-16-20(3)4)28(24)30(23)34-18-22(7)8/h9-14,19-22H,15-18H2,1-8H3. The van der Waals surface area contributed by atoms with Crippen LogP contribution in [0.2, 0.25) is 0 Å². The summed E-state index contributed by atoms with van der Waals surface area (Å²) in [6.45, 7) is 19.8. The molecule has 3 rings (SSSR count). The maximum Gasteiger partial charge on any atom is 0.139 e. The van der Waals surface area contributed by atoms with Crippen LogP contribution in [0.3, 0.4) is 0 Å².